The van der Waals surface area contributed by atoms with Crippen LogP contribution in [-0.4, -0.2) is 9.55 Å². The Kier molecular flexibility index (Phi) is 3.51. The minimum Gasteiger partial charge on any atom is -0.383 e. The zero-order chi connectivity index (χ0) is 14.1. The lowest BCUT2D eigenvalue weighted by atomic mass is 10.1. The molecule has 3 nitrogen and oxygen atoms in total. The quantitative estimate of drug-likeness (QED) is 0.887. The molecule has 0 bridgehead atoms. The van der Waals surface area contributed by atoms with Crippen molar-refractivity contribution in [1.29, 1.82) is 0 Å². The van der Waals surface area contributed by atoms with Gasteiger partial charge in [-0.1, -0.05) is 37.6 Å². The van der Waals surface area contributed by atoms with Gasteiger partial charge >= 0.3 is 0 Å². The molecule has 3 rings (SSSR count). The third-order valence-electron chi connectivity index (χ3n) is 4.11. The lowest BCUT2D eigenvalue weighted by Gasteiger charge is -2.08. The summed E-state index contributed by atoms with van der Waals surface area (Å²) in [5.41, 5.74) is 9.79. The van der Waals surface area contributed by atoms with E-state index in [4.69, 9.17) is 10.7 Å². The Morgan fingerprint density at radius 2 is 2.05 bits per heavy atom. The molecule has 0 unspecified atom stereocenters. The average Bonchev–Trinajstić information content (AvgIpc) is 3.23. The van der Waals surface area contributed by atoms with Crippen LogP contribution in [0.15, 0.2) is 24.3 Å². The number of hydrogen-bond donors (Lipinski definition) is 1. The fraction of sp³-hybridized carbons (Fsp3) is 0.471. The lowest BCUT2D eigenvalue weighted by Crippen LogP contribution is -2.06. The van der Waals surface area contributed by atoms with Gasteiger partial charge in [-0.3, -0.25) is 0 Å². The molecule has 1 heterocycles. The van der Waals surface area contributed by atoms with Crippen molar-refractivity contribution in [1.82, 2.24) is 9.55 Å². The highest BCUT2D eigenvalue weighted by Gasteiger charge is 2.31. The van der Waals surface area contributed by atoms with Gasteiger partial charge in [-0.15, -0.1) is 0 Å². The number of hydrogen-bond acceptors (Lipinski definition) is 2. The molecular formula is C17H23N3. The summed E-state index contributed by atoms with van der Waals surface area (Å²) in [6, 6.07) is 8.36. The second-order valence-corrected chi connectivity index (χ2v) is 5.80. The summed E-state index contributed by atoms with van der Waals surface area (Å²) >= 11 is 0. The van der Waals surface area contributed by atoms with Crippen molar-refractivity contribution in [2.45, 2.75) is 52.0 Å². The predicted molar refractivity (Wildman–Crippen MR) is 83.7 cm³/mol. The van der Waals surface area contributed by atoms with Gasteiger partial charge in [0.05, 0.1) is 0 Å². The Morgan fingerprint density at radius 1 is 1.30 bits per heavy atom. The Balaban J connectivity index is 2.05. The standard InChI is InChI=1S/C17H23N3/c1-3-4-11-20-16(18)15(19-17(20)13-9-10-13)14-8-6-5-7-12(14)2/h5-8,13H,3-4,9-11,18H2,1-2H3. The number of nitrogens with zero attached hydrogens (tertiary/aromatic N) is 2. The maximum Gasteiger partial charge on any atom is 0.131 e. The first kappa shape index (κ1) is 13.2. The van der Waals surface area contributed by atoms with Crippen molar-refractivity contribution < 1.29 is 0 Å². The number of unbranched alkanes of at least 4 members (excludes halogenated alkanes) is 1. The summed E-state index contributed by atoms with van der Waals surface area (Å²) in [6.07, 6.45) is 4.86. The molecule has 0 aliphatic heterocycles. The number of nitrogens with two attached hydrogens (primary N) is 1. The van der Waals surface area contributed by atoms with Crippen LogP contribution in [0.1, 0.15) is 49.9 Å². The van der Waals surface area contributed by atoms with Gasteiger partial charge in [-0.2, -0.15) is 0 Å². The van der Waals surface area contributed by atoms with Gasteiger partial charge in [0.2, 0.25) is 0 Å². The van der Waals surface area contributed by atoms with Crippen LogP contribution >= 0.6 is 0 Å². The minimum absolute atomic E-state index is 0.631. The van der Waals surface area contributed by atoms with E-state index in [-0.39, 0.29) is 0 Å². The van der Waals surface area contributed by atoms with E-state index in [0.717, 1.165) is 24.5 Å². The molecule has 1 aliphatic carbocycles. The number of aromatic nitrogens is 2. The van der Waals surface area contributed by atoms with Crippen LogP contribution in [0.2, 0.25) is 0 Å². The van der Waals surface area contributed by atoms with Gasteiger partial charge in [-0.25, -0.2) is 4.98 Å². The van der Waals surface area contributed by atoms with Crippen LogP contribution in [0.3, 0.4) is 0 Å². The first-order valence-electron chi connectivity index (χ1n) is 7.64. The monoisotopic (exact) mass is 269 g/mol. The molecule has 106 valence electrons. The molecule has 1 saturated carbocycles. The minimum atomic E-state index is 0.631. The zero-order valence-corrected chi connectivity index (χ0v) is 12.4. The van der Waals surface area contributed by atoms with E-state index in [2.05, 4.69) is 42.7 Å². The maximum atomic E-state index is 6.41. The van der Waals surface area contributed by atoms with Crippen molar-refractivity contribution in [2.75, 3.05) is 5.73 Å². The summed E-state index contributed by atoms with van der Waals surface area (Å²) in [4.78, 5) is 4.89. The number of anilines is 1. The van der Waals surface area contributed by atoms with Gasteiger partial charge < -0.3 is 10.3 Å². The largest absolute Gasteiger partial charge is 0.383 e. The van der Waals surface area contributed by atoms with Crippen molar-refractivity contribution in [3.8, 4) is 11.3 Å². The second-order valence-electron chi connectivity index (χ2n) is 5.80. The molecule has 3 heteroatoms. The molecule has 2 N–H and O–H groups in total. The third-order valence-corrected chi connectivity index (χ3v) is 4.11. The van der Waals surface area contributed by atoms with Crippen LogP contribution in [0.4, 0.5) is 5.82 Å². The van der Waals surface area contributed by atoms with E-state index in [1.54, 1.807) is 0 Å². The number of benzene rings is 1. The smallest absolute Gasteiger partial charge is 0.131 e. The average molecular weight is 269 g/mol. The topological polar surface area (TPSA) is 43.8 Å². The molecule has 1 fully saturated rings. The van der Waals surface area contributed by atoms with Crippen molar-refractivity contribution in [3.05, 3.63) is 35.7 Å². The summed E-state index contributed by atoms with van der Waals surface area (Å²) in [6.45, 7) is 5.33. The number of nitrogen functional groups attached to an aromatic ring is 1. The fourth-order valence-corrected chi connectivity index (χ4v) is 2.72. The van der Waals surface area contributed by atoms with E-state index >= 15 is 0 Å². The summed E-state index contributed by atoms with van der Waals surface area (Å²) in [7, 11) is 0. The zero-order valence-electron chi connectivity index (χ0n) is 12.4. The van der Waals surface area contributed by atoms with Gasteiger partial charge in [0.1, 0.15) is 17.3 Å². The van der Waals surface area contributed by atoms with Gasteiger partial charge in [0.25, 0.3) is 0 Å². The first-order valence-corrected chi connectivity index (χ1v) is 7.64. The van der Waals surface area contributed by atoms with Crippen molar-refractivity contribution >= 4 is 5.82 Å². The summed E-state index contributed by atoms with van der Waals surface area (Å²) in [5.74, 6) is 2.68. The molecule has 1 aliphatic rings. The Hall–Kier alpha value is -1.77. The Morgan fingerprint density at radius 3 is 2.70 bits per heavy atom. The van der Waals surface area contributed by atoms with Gasteiger partial charge in [0.15, 0.2) is 0 Å². The Bertz CT molecular complexity index is 609. The summed E-state index contributed by atoms with van der Waals surface area (Å²) in [5, 5.41) is 0. The molecule has 0 amide bonds. The molecule has 0 saturated heterocycles. The SMILES string of the molecule is CCCCn1c(C2CC2)nc(-c2ccccc2C)c1N. The summed E-state index contributed by atoms with van der Waals surface area (Å²) < 4.78 is 2.25. The fourth-order valence-electron chi connectivity index (χ4n) is 2.72. The van der Waals surface area contributed by atoms with Crippen LogP contribution < -0.4 is 5.73 Å². The van der Waals surface area contributed by atoms with E-state index < -0.39 is 0 Å². The first-order chi connectivity index (χ1) is 9.72. The van der Waals surface area contributed by atoms with Crippen LogP contribution in [0, 0.1) is 6.92 Å². The number of imidazole rings is 1. The maximum absolute atomic E-state index is 6.41. The molecule has 1 aromatic carbocycles. The van der Waals surface area contributed by atoms with E-state index in [1.165, 1.54) is 36.2 Å². The molecule has 0 atom stereocenters. The second kappa shape index (κ2) is 5.31. The van der Waals surface area contributed by atoms with Gasteiger partial charge in [-0.05, 0) is 31.7 Å². The number of aryl methyl sites for hydroxylation is 1. The highest BCUT2D eigenvalue weighted by molar-refractivity contribution is 5.73. The molecular weight excluding hydrogens is 246 g/mol. The van der Waals surface area contributed by atoms with E-state index in [1.807, 2.05) is 0 Å². The van der Waals surface area contributed by atoms with Crippen LogP contribution in [0.25, 0.3) is 11.3 Å². The highest BCUT2D eigenvalue weighted by Crippen LogP contribution is 2.42. The van der Waals surface area contributed by atoms with Crippen LogP contribution in [-0.2, 0) is 6.54 Å². The Labute approximate surface area is 120 Å². The molecule has 2 aromatic rings. The van der Waals surface area contributed by atoms with Gasteiger partial charge in [0, 0.05) is 18.0 Å². The van der Waals surface area contributed by atoms with E-state index in [9.17, 15) is 0 Å². The molecule has 1 aromatic heterocycles. The number of rotatable bonds is 5. The molecule has 0 radical (unpaired) electrons. The predicted octanol–water partition coefficient (Wildman–Crippen LogP) is 4.12. The van der Waals surface area contributed by atoms with E-state index in [0.29, 0.717) is 5.92 Å². The molecule has 0 spiro atoms. The lowest BCUT2D eigenvalue weighted by molar-refractivity contribution is 0.609. The third kappa shape index (κ3) is 2.33. The normalized spacial score (nSPS) is 14.7. The van der Waals surface area contributed by atoms with Crippen LogP contribution in [0.5, 0.6) is 0 Å². The molecule has 20 heavy (non-hydrogen) atoms. The highest BCUT2D eigenvalue weighted by atomic mass is 15.1. The van der Waals surface area contributed by atoms with Crippen molar-refractivity contribution in [2.24, 2.45) is 0 Å². The van der Waals surface area contributed by atoms with Crippen molar-refractivity contribution in [3.63, 3.8) is 0 Å².